The lowest BCUT2D eigenvalue weighted by molar-refractivity contribution is 0.630. The smallest absolute Gasteiger partial charge is 0.125 e. The highest BCUT2D eigenvalue weighted by molar-refractivity contribution is 7.83. The minimum Gasteiger partial charge on any atom is -0.397 e. The van der Waals surface area contributed by atoms with Crippen LogP contribution in [0.15, 0.2) is 22.4 Å². The van der Waals surface area contributed by atoms with E-state index in [9.17, 15) is 4.39 Å². The Hall–Kier alpha value is -0.740. The van der Waals surface area contributed by atoms with Gasteiger partial charge in [-0.1, -0.05) is 0 Å². The first-order chi connectivity index (χ1) is 5.66. The van der Waals surface area contributed by atoms with Crippen LogP contribution in [0.25, 0.3) is 10.1 Å². The fourth-order valence-corrected chi connectivity index (χ4v) is 2.35. The molecule has 0 atom stereocenters. The monoisotopic (exact) mass is 199 g/mol. The molecule has 0 aliphatic heterocycles. The zero-order valence-electron chi connectivity index (χ0n) is 6.04. The third-order valence-electron chi connectivity index (χ3n) is 1.60. The van der Waals surface area contributed by atoms with Gasteiger partial charge in [0.1, 0.15) is 5.82 Å². The van der Waals surface area contributed by atoms with Gasteiger partial charge in [0, 0.05) is 0 Å². The number of hydrogen-bond donors (Lipinski definition) is 2. The maximum Gasteiger partial charge on any atom is 0.125 e. The second kappa shape index (κ2) is 2.64. The maximum absolute atomic E-state index is 12.8. The quantitative estimate of drug-likeness (QED) is 0.495. The molecule has 1 aromatic heterocycles. The van der Waals surface area contributed by atoms with Gasteiger partial charge in [0.15, 0.2) is 0 Å². The highest BCUT2D eigenvalue weighted by atomic mass is 32.2. The van der Waals surface area contributed by atoms with Crippen LogP contribution in [0.3, 0.4) is 0 Å². The standard InChI is InChI=1S/C8H6FNS2/c9-5-1-4-2-7(11)12-8(4)6(10)3-5/h1-3,11H,10H2. The predicted octanol–water partition coefficient (Wildman–Crippen LogP) is 2.91. The molecule has 0 spiro atoms. The summed E-state index contributed by atoms with van der Waals surface area (Å²) in [7, 11) is 0. The van der Waals surface area contributed by atoms with Gasteiger partial charge < -0.3 is 5.73 Å². The Labute approximate surface area is 78.4 Å². The molecule has 1 nitrogen and oxygen atoms in total. The van der Waals surface area contributed by atoms with Crippen molar-refractivity contribution in [3.63, 3.8) is 0 Å². The van der Waals surface area contributed by atoms with Crippen LogP contribution in [0.2, 0.25) is 0 Å². The Bertz CT molecular complexity index is 436. The molecule has 2 rings (SSSR count). The number of nitrogen functional groups attached to an aromatic ring is 1. The first-order valence-electron chi connectivity index (χ1n) is 3.34. The van der Waals surface area contributed by atoms with Crippen molar-refractivity contribution in [2.75, 3.05) is 5.73 Å². The summed E-state index contributed by atoms with van der Waals surface area (Å²) in [5.74, 6) is -0.300. The normalized spacial score (nSPS) is 10.8. The largest absolute Gasteiger partial charge is 0.397 e. The highest BCUT2D eigenvalue weighted by Crippen LogP contribution is 2.32. The van der Waals surface area contributed by atoms with Crippen molar-refractivity contribution in [2.24, 2.45) is 0 Å². The second-order valence-corrected chi connectivity index (χ2v) is 4.33. The van der Waals surface area contributed by atoms with Crippen molar-refractivity contribution in [1.29, 1.82) is 0 Å². The Morgan fingerprint density at radius 1 is 1.33 bits per heavy atom. The van der Waals surface area contributed by atoms with E-state index in [4.69, 9.17) is 5.73 Å². The molecule has 0 saturated carbocycles. The van der Waals surface area contributed by atoms with E-state index in [2.05, 4.69) is 12.6 Å². The molecule has 0 bridgehead atoms. The number of thiol groups is 1. The van der Waals surface area contributed by atoms with Crippen molar-refractivity contribution in [3.05, 3.63) is 24.0 Å². The predicted molar refractivity (Wildman–Crippen MR) is 53.4 cm³/mol. The van der Waals surface area contributed by atoms with Crippen LogP contribution in [0, 0.1) is 5.82 Å². The third kappa shape index (κ3) is 1.17. The Morgan fingerprint density at radius 3 is 2.83 bits per heavy atom. The molecule has 12 heavy (non-hydrogen) atoms. The lowest BCUT2D eigenvalue weighted by Crippen LogP contribution is -1.85. The summed E-state index contributed by atoms with van der Waals surface area (Å²) in [5, 5.41) is 0.822. The van der Waals surface area contributed by atoms with Crippen molar-refractivity contribution in [2.45, 2.75) is 4.21 Å². The Morgan fingerprint density at radius 2 is 2.08 bits per heavy atom. The van der Waals surface area contributed by atoms with E-state index in [0.717, 1.165) is 14.3 Å². The summed E-state index contributed by atoms with van der Waals surface area (Å²) in [6.07, 6.45) is 0. The zero-order valence-corrected chi connectivity index (χ0v) is 7.75. The topological polar surface area (TPSA) is 26.0 Å². The van der Waals surface area contributed by atoms with Crippen LogP contribution in [0.5, 0.6) is 0 Å². The molecule has 2 N–H and O–H groups in total. The van der Waals surface area contributed by atoms with Gasteiger partial charge in [0.05, 0.1) is 14.6 Å². The van der Waals surface area contributed by atoms with Crippen LogP contribution in [-0.2, 0) is 0 Å². The summed E-state index contributed by atoms with van der Waals surface area (Å²) in [6.45, 7) is 0. The molecule has 1 aromatic carbocycles. The van der Waals surface area contributed by atoms with E-state index in [1.54, 1.807) is 0 Å². The average Bonchev–Trinajstić information content (AvgIpc) is 2.29. The molecule has 4 heteroatoms. The number of hydrogen-bond acceptors (Lipinski definition) is 3. The summed E-state index contributed by atoms with van der Waals surface area (Å²) in [6, 6.07) is 4.59. The number of thiophene rings is 1. The number of benzene rings is 1. The molecule has 62 valence electrons. The van der Waals surface area contributed by atoms with Crippen LogP contribution in [0.4, 0.5) is 10.1 Å². The van der Waals surface area contributed by atoms with E-state index >= 15 is 0 Å². The van der Waals surface area contributed by atoms with E-state index in [-0.39, 0.29) is 5.82 Å². The van der Waals surface area contributed by atoms with E-state index < -0.39 is 0 Å². The van der Waals surface area contributed by atoms with E-state index in [1.807, 2.05) is 6.07 Å². The molecule has 0 amide bonds. The molecule has 0 saturated heterocycles. The molecule has 0 fully saturated rings. The minimum atomic E-state index is -0.300. The first kappa shape index (κ1) is 7.89. The highest BCUT2D eigenvalue weighted by Gasteiger charge is 2.04. The van der Waals surface area contributed by atoms with Gasteiger partial charge in [-0.3, -0.25) is 0 Å². The number of fused-ring (bicyclic) bond motifs is 1. The SMILES string of the molecule is Nc1cc(F)cc2cc(S)sc12. The number of anilines is 1. The van der Waals surface area contributed by atoms with Gasteiger partial charge in [-0.05, 0) is 23.6 Å². The minimum absolute atomic E-state index is 0.300. The zero-order chi connectivity index (χ0) is 8.72. The Kier molecular flexibility index (Phi) is 1.73. The number of rotatable bonds is 0. The maximum atomic E-state index is 12.8. The Balaban J connectivity index is 2.88. The van der Waals surface area contributed by atoms with E-state index in [1.165, 1.54) is 23.5 Å². The van der Waals surface area contributed by atoms with E-state index in [0.29, 0.717) is 5.69 Å². The summed E-state index contributed by atoms with van der Waals surface area (Å²) < 4.78 is 14.6. The van der Waals surface area contributed by atoms with Crippen LogP contribution in [-0.4, -0.2) is 0 Å². The van der Waals surface area contributed by atoms with Gasteiger partial charge in [-0.15, -0.1) is 24.0 Å². The van der Waals surface area contributed by atoms with Crippen molar-refractivity contribution in [1.82, 2.24) is 0 Å². The third-order valence-corrected chi connectivity index (χ3v) is 3.00. The van der Waals surface area contributed by atoms with Gasteiger partial charge >= 0.3 is 0 Å². The molecular formula is C8H6FNS2. The average molecular weight is 199 g/mol. The van der Waals surface area contributed by atoms with Gasteiger partial charge in [0.2, 0.25) is 0 Å². The van der Waals surface area contributed by atoms with Crippen LogP contribution >= 0.6 is 24.0 Å². The summed E-state index contributed by atoms with van der Waals surface area (Å²) in [4.78, 5) is 0. The fraction of sp³-hybridized carbons (Fsp3) is 0. The van der Waals surface area contributed by atoms with Crippen molar-refractivity contribution >= 4 is 39.7 Å². The summed E-state index contributed by atoms with van der Waals surface area (Å²) >= 11 is 5.62. The number of nitrogens with two attached hydrogens (primary N) is 1. The molecule has 0 unspecified atom stereocenters. The number of halogens is 1. The molecular weight excluding hydrogens is 193 g/mol. The lowest BCUT2D eigenvalue weighted by Gasteiger charge is -1.94. The van der Waals surface area contributed by atoms with Gasteiger partial charge in [-0.2, -0.15) is 0 Å². The van der Waals surface area contributed by atoms with Crippen LogP contribution in [0.1, 0.15) is 0 Å². The van der Waals surface area contributed by atoms with Crippen molar-refractivity contribution in [3.8, 4) is 0 Å². The van der Waals surface area contributed by atoms with Gasteiger partial charge in [-0.25, -0.2) is 4.39 Å². The molecule has 0 radical (unpaired) electrons. The van der Waals surface area contributed by atoms with Crippen LogP contribution < -0.4 is 5.73 Å². The lowest BCUT2D eigenvalue weighted by atomic mass is 10.2. The van der Waals surface area contributed by atoms with Crippen molar-refractivity contribution < 1.29 is 4.39 Å². The molecule has 0 aliphatic carbocycles. The first-order valence-corrected chi connectivity index (χ1v) is 4.61. The fourth-order valence-electron chi connectivity index (χ4n) is 1.13. The molecule has 0 aliphatic rings. The molecule has 1 heterocycles. The summed E-state index contributed by atoms with van der Waals surface area (Å²) in [5.41, 5.74) is 6.09. The molecule has 2 aromatic rings. The second-order valence-electron chi connectivity index (χ2n) is 2.50. The van der Waals surface area contributed by atoms with Gasteiger partial charge in [0.25, 0.3) is 0 Å².